The Bertz CT molecular complexity index is 1280. The van der Waals surface area contributed by atoms with E-state index in [9.17, 15) is 23.1 Å². The van der Waals surface area contributed by atoms with Crippen molar-refractivity contribution < 1.29 is 37.0 Å². The smallest absolute Gasteiger partial charge is 0.420 e. The average molecular weight is 580 g/mol. The van der Waals surface area contributed by atoms with Crippen LogP contribution in [-0.4, -0.2) is 57.8 Å². The van der Waals surface area contributed by atoms with Crippen molar-refractivity contribution in [1.82, 2.24) is 15.2 Å². The predicted octanol–water partition coefficient (Wildman–Crippen LogP) is 5.82. The molecule has 41 heavy (non-hydrogen) atoms. The van der Waals surface area contributed by atoms with Gasteiger partial charge in [0.25, 0.3) is 5.89 Å². The highest BCUT2D eigenvalue weighted by Gasteiger charge is 2.45. The molecule has 0 aromatic carbocycles. The van der Waals surface area contributed by atoms with Crippen LogP contribution in [0.1, 0.15) is 77.2 Å². The standard InChI is InChI=1S/C28H36F3N5O5/c1-26(2,3)41-25(37)32-20-16-19(28(29,30)31)22-33-21(20)23-34-35-24(40-23)27(38,17-10-14-39-15-11-17)12-6-4-5-8-18-9-7-13-36(18)22/h4-5,16-18,38H,6-15H2,1-3H3,(H,32,37)/b5-4-/t18-,27?/m1/s1. The molecule has 0 aliphatic carbocycles. The summed E-state index contributed by atoms with van der Waals surface area (Å²) in [7, 11) is 0. The lowest BCUT2D eigenvalue weighted by atomic mass is 9.78. The van der Waals surface area contributed by atoms with Crippen molar-refractivity contribution >= 4 is 17.6 Å². The minimum Gasteiger partial charge on any atom is -0.444 e. The minimum atomic E-state index is -4.76. The number of nitrogens with one attached hydrogen (secondary N) is 1. The highest BCUT2D eigenvalue weighted by molar-refractivity contribution is 5.90. The summed E-state index contributed by atoms with van der Waals surface area (Å²) in [5.41, 5.74) is -3.79. The largest absolute Gasteiger partial charge is 0.444 e. The Hall–Kier alpha value is -3.19. The zero-order valence-corrected chi connectivity index (χ0v) is 23.5. The fourth-order valence-electron chi connectivity index (χ4n) is 5.79. The normalized spacial score (nSPS) is 24.9. The van der Waals surface area contributed by atoms with Gasteiger partial charge in [-0.2, -0.15) is 13.2 Å². The molecule has 0 radical (unpaired) electrons. The van der Waals surface area contributed by atoms with Crippen LogP contribution in [-0.2, 0) is 21.3 Å². The van der Waals surface area contributed by atoms with Gasteiger partial charge >= 0.3 is 12.3 Å². The topological polar surface area (TPSA) is 123 Å². The molecule has 4 bridgehead atoms. The fourth-order valence-corrected chi connectivity index (χ4v) is 5.79. The van der Waals surface area contributed by atoms with Crippen molar-refractivity contribution in [1.29, 1.82) is 0 Å². The molecule has 1 amide bonds. The van der Waals surface area contributed by atoms with Crippen LogP contribution in [0.3, 0.4) is 0 Å². The van der Waals surface area contributed by atoms with Gasteiger partial charge in [-0.05, 0) is 71.8 Å². The number of aromatic nitrogens is 3. The van der Waals surface area contributed by atoms with E-state index in [1.807, 2.05) is 12.2 Å². The first-order valence-electron chi connectivity index (χ1n) is 14.0. The zero-order chi connectivity index (χ0) is 29.4. The molecule has 3 aliphatic rings. The lowest BCUT2D eigenvalue weighted by molar-refractivity contribution is -0.137. The van der Waals surface area contributed by atoms with Gasteiger partial charge in [0.2, 0.25) is 5.89 Å². The molecule has 13 heteroatoms. The number of fused-ring (bicyclic) bond motifs is 7. The van der Waals surface area contributed by atoms with E-state index >= 15 is 0 Å². The van der Waals surface area contributed by atoms with Crippen LogP contribution in [0, 0.1) is 5.92 Å². The molecule has 10 nitrogen and oxygen atoms in total. The molecular weight excluding hydrogens is 543 g/mol. The maximum atomic E-state index is 14.5. The highest BCUT2D eigenvalue weighted by Crippen LogP contribution is 2.44. The number of halogens is 3. The molecule has 0 saturated carbocycles. The number of hydrogen-bond acceptors (Lipinski definition) is 9. The Kier molecular flexibility index (Phi) is 8.03. The Morgan fingerprint density at radius 1 is 1.17 bits per heavy atom. The van der Waals surface area contributed by atoms with Gasteiger partial charge in [-0.15, -0.1) is 10.2 Å². The maximum Gasteiger partial charge on any atom is 0.420 e. The van der Waals surface area contributed by atoms with E-state index in [1.165, 1.54) is 0 Å². The number of hydrogen-bond donors (Lipinski definition) is 2. The Balaban J connectivity index is 1.67. The van der Waals surface area contributed by atoms with Crippen LogP contribution >= 0.6 is 0 Å². The summed E-state index contributed by atoms with van der Waals surface area (Å²) in [5.74, 6) is -0.744. The number of alkyl halides is 3. The zero-order valence-electron chi connectivity index (χ0n) is 23.5. The van der Waals surface area contributed by atoms with E-state index < -0.39 is 29.0 Å². The summed E-state index contributed by atoms with van der Waals surface area (Å²) in [5, 5.41) is 22.6. The van der Waals surface area contributed by atoms with E-state index in [2.05, 4.69) is 20.5 Å². The first-order valence-corrected chi connectivity index (χ1v) is 14.0. The summed E-state index contributed by atoms with van der Waals surface area (Å²) in [4.78, 5) is 18.8. The number of carbonyl (C=O) groups is 1. The summed E-state index contributed by atoms with van der Waals surface area (Å²) >= 11 is 0. The number of carbonyl (C=O) groups excluding carboxylic acids is 1. The van der Waals surface area contributed by atoms with Gasteiger partial charge in [0, 0.05) is 31.7 Å². The summed E-state index contributed by atoms with van der Waals surface area (Å²) in [6, 6.07) is 0.639. The highest BCUT2D eigenvalue weighted by atomic mass is 19.4. The molecule has 5 rings (SSSR count). The number of pyridine rings is 1. The fraction of sp³-hybridized carbons (Fsp3) is 0.643. The van der Waals surface area contributed by atoms with Gasteiger partial charge in [0.1, 0.15) is 22.6 Å². The second kappa shape index (κ2) is 11.2. The summed E-state index contributed by atoms with van der Waals surface area (Å²) in [6.07, 6.45) is 2.12. The van der Waals surface area contributed by atoms with Crippen LogP contribution in [0.15, 0.2) is 22.6 Å². The average Bonchev–Trinajstić information content (AvgIpc) is 3.57. The number of nitrogens with zero attached hydrogens (tertiary/aromatic N) is 4. The second-order valence-electron chi connectivity index (χ2n) is 11.8. The lowest BCUT2D eigenvalue weighted by Crippen LogP contribution is -2.39. The second-order valence-corrected chi connectivity index (χ2v) is 11.8. The number of amides is 1. The van der Waals surface area contributed by atoms with Gasteiger partial charge in [-0.25, -0.2) is 9.78 Å². The Morgan fingerprint density at radius 2 is 1.93 bits per heavy atom. The Labute approximate surface area is 236 Å². The van der Waals surface area contributed by atoms with Crippen molar-refractivity contribution in [3.05, 3.63) is 29.7 Å². The third kappa shape index (κ3) is 6.35. The van der Waals surface area contributed by atoms with Crippen LogP contribution in [0.5, 0.6) is 0 Å². The molecule has 224 valence electrons. The third-order valence-corrected chi connectivity index (χ3v) is 7.75. The molecule has 2 N–H and O–H groups in total. The molecule has 0 spiro atoms. The van der Waals surface area contributed by atoms with Crippen molar-refractivity contribution in [3.8, 4) is 11.6 Å². The molecule has 2 aromatic rings. The van der Waals surface area contributed by atoms with Crippen molar-refractivity contribution in [3.63, 3.8) is 0 Å². The monoisotopic (exact) mass is 579 g/mol. The number of ether oxygens (including phenoxy) is 2. The van der Waals surface area contributed by atoms with Gasteiger partial charge in [0.15, 0.2) is 5.69 Å². The minimum absolute atomic E-state index is 0.0459. The number of anilines is 2. The SMILES string of the molecule is CC(C)(C)OC(=O)Nc1cc(C(F)(F)F)c2nc1-c1nnc(o1)C(O)(C1CCOCC1)CC/C=C\C[C@@H]1CCCN21. The molecule has 5 heterocycles. The van der Waals surface area contributed by atoms with Crippen LogP contribution in [0.25, 0.3) is 11.6 Å². The first-order chi connectivity index (χ1) is 19.3. The van der Waals surface area contributed by atoms with Crippen LogP contribution in [0.4, 0.5) is 29.5 Å². The van der Waals surface area contributed by atoms with Gasteiger partial charge in [-0.3, -0.25) is 5.32 Å². The summed E-state index contributed by atoms with van der Waals surface area (Å²) < 4.78 is 60.2. The van der Waals surface area contributed by atoms with E-state index in [1.54, 1.807) is 25.7 Å². The molecular formula is C28H36F3N5O5. The number of rotatable bonds is 2. The van der Waals surface area contributed by atoms with E-state index in [4.69, 9.17) is 13.9 Å². The van der Waals surface area contributed by atoms with Gasteiger partial charge in [-0.1, -0.05) is 12.2 Å². The quantitative estimate of drug-likeness (QED) is 0.424. The van der Waals surface area contributed by atoms with Crippen molar-refractivity contribution in [2.24, 2.45) is 5.92 Å². The van der Waals surface area contributed by atoms with E-state index in [0.717, 1.165) is 6.07 Å². The molecule has 3 aliphatic heterocycles. The lowest BCUT2D eigenvalue weighted by Gasteiger charge is -2.35. The van der Waals surface area contributed by atoms with Crippen molar-refractivity contribution in [2.45, 2.75) is 89.1 Å². The van der Waals surface area contributed by atoms with Gasteiger partial charge in [0.05, 0.1) is 5.69 Å². The maximum absolute atomic E-state index is 14.5. The number of aliphatic hydroxyl groups is 1. The molecule has 1 unspecified atom stereocenters. The first kappa shape index (κ1) is 29.3. The van der Waals surface area contributed by atoms with E-state index in [0.29, 0.717) is 64.7 Å². The molecule has 2 aromatic heterocycles. The number of allylic oxidation sites excluding steroid dienone is 1. The van der Waals surface area contributed by atoms with E-state index in [-0.39, 0.29) is 40.9 Å². The molecule has 2 saturated heterocycles. The van der Waals surface area contributed by atoms with Crippen LogP contribution in [0.2, 0.25) is 0 Å². The molecule has 2 atom stereocenters. The van der Waals surface area contributed by atoms with Crippen molar-refractivity contribution in [2.75, 3.05) is 30.0 Å². The van der Waals surface area contributed by atoms with Crippen LogP contribution < -0.4 is 10.2 Å². The Morgan fingerprint density at radius 3 is 2.63 bits per heavy atom. The third-order valence-electron chi connectivity index (χ3n) is 7.75. The predicted molar refractivity (Wildman–Crippen MR) is 143 cm³/mol. The van der Waals surface area contributed by atoms with Gasteiger partial charge < -0.3 is 23.9 Å². The molecule has 2 fully saturated rings. The summed E-state index contributed by atoms with van der Waals surface area (Å²) in [6.45, 7) is 6.28.